The van der Waals surface area contributed by atoms with Crippen molar-refractivity contribution < 1.29 is 0 Å². The summed E-state index contributed by atoms with van der Waals surface area (Å²) in [4.78, 5) is 6.97. The van der Waals surface area contributed by atoms with Gasteiger partial charge in [0.2, 0.25) is 0 Å². The van der Waals surface area contributed by atoms with Gasteiger partial charge in [-0.25, -0.2) is 0 Å². The van der Waals surface area contributed by atoms with Gasteiger partial charge in [0.05, 0.1) is 0 Å². The smallest absolute Gasteiger partial charge is 0.0299 e. The Morgan fingerprint density at radius 2 is 1.96 bits per heavy atom. The lowest BCUT2D eigenvalue weighted by Crippen LogP contribution is -2.39. The molecule has 0 aromatic heterocycles. The summed E-state index contributed by atoms with van der Waals surface area (Å²) in [7, 11) is 0. The van der Waals surface area contributed by atoms with Crippen LogP contribution >= 0.6 is 0 Å². The summed E-state index contributed by atoms with van der Waals surface area (Å²) in [6.07, 6.45) is 6.42. The molecule has 1 aliphatic heterocycles. The molecule has 26 heavy (non-hydrogen) atoms. The maximum absolute atomic E-state index is 4.31. The van der Waals surface area contributed by atoms with E-state index in [2.05, 4.69) is 75.7 Å². The summed E-state index contributed by atoms with van der Waals surface area (Å²) in [5, 5.41) is 0. The summed E-state index contributed by atoms with van der Waals surface area (Å²) in [5.41, 5.74) is 4.36. The molecule has 0 N–H and O–H groups in total. The molecule has 1 aliphatic rings. The Balaban J connectivity index is 2.07. The van der Waals surface area contributed by atoms with Crippen molar-refractivity contribution in [2.45, 2.75) is 72.8 Å². The molecule has 1 heterocycles. The average Bonchev–Trinajstić information content (AvgIpc) is 3.10. The van der Waals surface area contributed by atoms with Gasteiger partial charge >= 0.3 is 0 Å². The number of hydrogen-bond donors (Lipinski definition) is 0. The molecule has 0 saturated carbocycles. The SMILES string of the molecule is CC=N/C=C(\C)c1ccccc1C(C)CC(C)C1CCN(C(C)(C)C)C1. The van der Waals surface area contributed by atoms with E-state index in [0.717, 1.165) is 11.8 Å². The fraction of sp³-hybridized carbons (Fsp3) is 0.625. The minimum atomic E-state index is 0.300. The number of hydrogen-bond acceptors (Lipinski definition) is 2. The highest BCUT2D eigenvalue weighted by molar-refractivity contribution is 5.68. The number of rotatable bonds is 6. The molecule has 2 heteroatoms. The third-order valence-corrected chi connectivity index (χ3v) is 6.04. The van der Waals surface area contributed by atoms with E-state index in [-0.39, 0.29) is 0 Å². The first-order valence-electron chi connectivity index (χ1n) is 10.2. The second-order valence-corrected chi connectivity index (χ2v) is 9.09. The molecular weight excluding hydrogens is 316 g/mol. The molecule has 144 valence electrons. The van der Waals surface area contributed by atoms with Gasteiger partial charge in [-0.3, -0.25) is 9.89 Å². The number of benzene rings is 1. The summed E-state index contributed by atoms with van der Waals surface area (Å²) in [5.74, 6) is 2.15. The first-order valence-corrected chi connectivity index (χ1v) is 10.2. The molecular formula is C24H38N2. The summed E-state index contributed by atoms with van der Waals surface area (Å²) in [6, 6.07) is 8.85. The van der Waals surface area contributed by atoms with E-state index >= 15 is 0 Å². The molecule has 3 unspecified atom stereocenters. The Kier molecular flexibility index (Phi) is 7.23. The molecule has 3 atom stereocenters. The molecule has 0 spiro atoms. The van der Waals surface area contributed by atoms with E-state index in [0.29, 0.717) is 11.5 Å². The van der Waals surface area contributed by atoms with Crippen molar-refractivity contribution in [3.8, 4) is 0 Å². The van der Waals surface area contributed by atoms with Gasteiger partial charge in [-0.2, -0.15) is 0 Å². The molecule has 0 radical (unpaired) electrons. The van der Waals surface area contributed by atoms with E-state index in [4.69, 9.17) is 0 Å². The van der Waals surface area contributed by atoms with E-state index in [1.165, 1.54) is 42.6 Å². The quantitative estimate of drug-likeness (QED) is 0.541. The van der Waals surface area contributed by atoms with Crippen LogP contribution in [-0.4, -0.2) is 29.7 Å². The van der Waals surface area contributed by atoms with Crippen molar-refractivity contribution in [1.82, 2.24) is 4.90 Å². The summed E-state index contributed by atoms with van der Waals surface area (Å²) in [6.45, 7) is 18.5. The lowest BCUT2D eigenvalue weighted by molar-refractivity contribution is 0.160. The van der Waals surface area contributed by atoms with Crippen LogP contribution in [0.1, 0.15) is 78.4 Å². The lowest BCUT2D eigenvalue weighted by Gasteiger charge is -2.32. The van der Waals surface area contributed by atoms with Gasteiger partial charge in [-0.15, -0.1) is 0 Å². The van der Waals surface area contributed by atoms with Crippen LogP contribution in [0.4, 0.5) is 0 Å². The largest absolute Gasteiger partial charge is 0.298 e. The molecule has 0 aliphatic carbocycles. The number of aliphatic imine (C=N–C) groups is 1. The Labute approximate surface area is 161 Å². The van der Waals surface area contributed by atoms with E-state index in [9.17, 15) is 0 Å². The number of nitrogens with zero attached hydrogens (tertiary/aromatic N) is 2. The van der Waals surface area contributed by atoms with Crippen LogP contribution in [0.15, 0.2) is 35.5 Å². The zero-order valence-electron chi connectivity index (χ0n) is 17.9. The standard InChI is InChI=1S/C24H38N2/c1-8-25-16-20(4)23-12-10-9-11-22(23)19(3)15-18(2)21-13-14-26(17-21)24(5,6)7/h8-12,16,18-19,21H,13-15,17H2,1-7H3/b20-16+,25-8?. The van der Waals surface area contributed by atoms with Crippen LogP contribution in [0, 0.1) is 11.8 Å². The minimum Gasteiger partial charge on any atom is -0.298 e. The molecule has 1 fully saturated rings. The van der Waals surface area contributed by atoms with Gasteiger partial charge in [0.1, 0.15) is 0 Å². The fourth-order valence-electron chi connectivity index (χ4n) is 4.28. The Hall–Kier alpha value is -1.41. The highest BCUT2D eigenvalue weighted by Gasteiger charge is 2.33. The van der Waals surface area contributed by atoms with Gasteiger partial charge in [0.25, 0.3) is 0 Å². The van der Waals surface area contributed by atoms with Crippen LogP contribution in [0.3, 0.4) is 0 Å². The third kappa shape index (κ3) is 5.30. The molecule has 0 bridgehead atoms. The normalized spacial score (nSPS) is 22.1. The van der Waals surface area contributed by atoms with E-state index in [1.807, 2.05) is 19.3 Å². The van der Waals surface area contributed by atoms with Crippen molar-refractivity contribution in [1.29, 1.82) is 0 Å². The Bertz CT molecular complexity index is 636. The van der Waals surface area contributed by atoms with Crippen molar-refractivity contribution in [3.05, 3.63) is 41.6 Å². The van der Waals surface area contributed by atoms with Crippen LogP contribution < -0.4 is 0 Å². The molecule has 1 aromatic carbocycles. The van der Waals surface area contributed by atoms with Crippen LogP contribution in [0.25, 0.3) is 5.57 Å². The van der Waals surface area contributed by atoms with Gasteiger partial charge < -0.3 is 0 Å². The maximum atomic E-state index is 4.31. The zero-order valence-corrected chi connectivity index (χ0v) is 17.9. The predicted molar refractivity (Wildman–Crippen MR) is 116 cm³/mol. The average molecular weight is 355 g/mol. The summed E-state index contributed by atoms with van der Waals surface area (Å²) < 4.78 is 0. The number of allylic oxidation sites excluding steroid dienone is 1. The second kappa shape index (κ2) is 8.99. The van der Waals surface area contributed by atoms with Crippen LogP contribution in [0.2, 0.25) is 0 Å². The summed E-state index contributed by atoms with van der Waals surface area (Å²) >= 11 is 0. The molecule has 1 saturated heterocycles. The Morgan fingerprint density at radius 1 is 1.27 bits per heavy atom. The van der Waals surface area contributed by atoms with Crippen LogP contribution in [-0.2, 0) is 0 Å². The van der Waals surface area contributed by atoms with E-state index < -0.39 is 0 Å². The molecule has 2 nitrogen and oxygen atoms in total. The predicted octanol–water partition coefficient (Wildman–Crippen LogP) is 6.39. The van der Waals surface area contributed by atoms with Gasteiger partial charge in [-0.1, -0.05) is 38.1 Å². The first kappa shape index (κ1) is 20.9. The number of likely N-dealkylation sites (tertiary alicyclic amines) is 1. The first-order chi connectivity index (χ1) is 12.2. The van der Waals surface area contributed by atoms with Gasteiger partial charge in [0.15, 0.2) is 0 Å². The van der Waals surface area contributed by atoms with Crippen LogP contribution in [0.5, 0.6) is 0 Å². The van der Waals surface area contributed by atoms with E-state index in [1.54, 1.807) is 0 Å². The highest BCUT2D eigenvalue weighted by Crippen LogP contribution is 2.36. The monoisotopic (exact) mass is 354 g/mol. The minimum absolute atomic E-state index is 0.300. The Morgan fingerprint density at radius 3 is 2.58 bits per heavy atom. The molecule has 1 aromatic rings. The van der Waals surface area contributed by atoms with Crippen molar-refractivity contribution in [2.24, 2.45) is 16.8 Å². The zero-order chi connectivity index (χ0) is 19.3. The third-order valence-electron chi connectivity index (χ3n) is 6.04. The lowest BCUT2D eigenvalue weighted by atomic mass is 9.81. The van der Waals surface area contributed by atoms with Crippen molar-refractivity contribution >= 4 is 11.8 Å². The maximum Gasteiger partial charge on any atom is 0.0299 e. The molecule has 0 amide bonds. The van der Waals surface area contributed by atoms with Crippen molar-refractivity contribution in [3.63, 3.8) is 0 Å². The van der Waals surface area contributed by atoms with Gasteiger partial charge in [0, 0.05) is 24.5 Å². The highest BCUT2D eigenvalue weighted by atomic mass is 15.2. The molecule has 2 rings (SSSR count). The fourth-order valence-corrected chi connectivity index (χ4v) is 4.28. The van der Waals surface area contributed by atoms with Gasteiger partial charge in [-0.05, 0) is 88.5 Å². The van der Waals surface area contributed by atoms with Crippen molar-refractivity contribution in [2.75, 3.05) is 13.1 Å². The topological polar surface area (TPSA) is 15.6 Å². The second-order valence-electron chi connectivity index (χ2n) is 9.09.